The maximum Gasteiger partial charge on any atom is 0.0541 e. The molecule has 0 fully saturated rings. The van der Waals surface area contributed by atoms with E-state index in [1.165, 1.54) is 105 Å². The minimum absolute atomic E-state index is 0.117. The molecule has 68 heavy (non-hydrogen) atoms. The normalized spacial score (nSPS) is 13.8. The second-order valence-corrected chi connectivity index (χ2v) is 19.8. The van der Waals surface area contributed by atoms with Crippen molar-refractivity contribution in [1.82, 2.24) is 4.57 Å². The van der Waals surface area contributed by atoms with Gasteiger partial charge >= 0.3 is 0 Å². The summed E-state index contributed by atoms with van der Waals surface area (Å²) in [5.41, 5.74) is 24.8. The number of benzene rings is 10. The van der Waals surface area contributed by atoms with Crippen LogP contribution in [0, 0.1) is 0 Å². The Morgan fingerprint density at radius 1 is 0.294 bits per heavy atom. The predicted molar refractivity (Wildman–Crippen MR) is 287 cm³/mol. The van der Waals surface area contributed by atoms with Crippen molar-refractivity contribution in [3.05, 3.63) is 253 Å². The van der Waals surface area contributed by atoms with Gasteiger partial charge < -0.3 is 9.47 Å². The van der Waals surface area contributed by atoms with E-state index in [-0.39, 0.29) is 10.8 Å². The van der Waals surface area contributed by atoms with Gasteiger partial charge in [0.1, 0.15) is 0 Å². The van der Waals surface area contributed by atoms with Gasteiger partial charge in [0.15, 0.2) is 0 Å². The third kappa shape index (κ3) is 6.17. The molecule has 0 saturated heterocycles. The summed E-state index contributed by atoms with van der Waals surface area (Å²) in [6, 6.07) is 85.5. The van der Waals surface area contributed by atoms with Crippen molar-refractivity contribution < 1.29 is 0 Å². The zero-order chi connectivity index (χ0) is 45.7. The molecule has 0 amide bonds. The highest BCUT2D eigenvalue weighted by molar-refractivity contribution is 6.10. The van der Waals surface area contributed by atoms with Crippen LogP contribution >= 0.6 is 0 Å². The van der Waals surface area contributed by atoms with Gasteiger partial charge in [-0.15, -0.1) is 0 Å². The summed E-state index contributed by atoms with van der Waals surface area (Å²) >= 11 is 0. The number of aromatic nitrogens is 1. The lowest BCUT2D eigenvalue weighted by molar-refractivity contribution is 0.660. The number of nitrogens with zero attached hydrogens (tertiary/aromatic N) is 2. The summed E-state index contributed by atoms with van der Waals surface area (Å²) in [5.74, 6) is 0. The summed E-state index contributed by atoms with van der Waals surface area (Å²) in [4.78, 5) is 2.46. The molecule has 0 saturated carbocycles. The number of para-hydroxylation sites is 2. The van der Waals surface area contributed by atoms with Crippen LogP contribution < -0.4 is 4.90 Å². The first-order chi connectivity index (χ1) is 33.2. The Balaban J connectivity index is 0.866. The van der Waals surface area contributed by atoms with Gasteiger partial charge in [-0.2, -0.15) is 0 Å². The van der Waals surface area contributed by atoms with Gasteiger partial charge in [-0.25, -0.2) is 0 Å². The maximum atomic E-state index is 2.46. The standard InChI is InChI=1S/C66H50N2/c1-65(2)59-21-13-11-19-53(59)55-36-33-51(41-61(55)65)67(52-34-37-56-54-35-29-48(43-15-7-5-8-16-43)40-60(54)66(3,4)62(56)42-52)50-31-27-45(28-32-50)44-23-25-46(26-24-44)47-30-38-64-58(39-47)57-20-12-14-22-63(57)68(64)49-17-9-6-10-18-49/h5-42H,1-4H3. The Bertz CT molecular complexity index is 3760. The first-order valence-corrected chi connectivity index (χ1v) is 23.9. The lowest BCUT2D eigenvalue weighted by Gasteiger charge is -2.30. The minimum atomic E-state index is -0.179. The van der Waals surface area contributed by atoms with Crippen molar-refractivity contribution in [1.29, 1.82) is 0 Å². The van der Waals surface area contributed by atoms with Gasteiger partial charge in [-0.3, -0.25) is 0 Å². The highest BCUT2D eigenvalue weighted by Gasteiger charge is 2.38. The molecule has 2 heteroatoms. The summed E-state index contributed by atoms with van der Waals surface area (Å²) in [6.45, 7) is 9.51. The molecule has 2 nitrogen and oxygen atoms in total. The van der Waals surface area contributed by atoms with Gasteiger partial charge in [0, 0.05) is 44.4 Å². The van der Waals surface area contributed by atoms with Crippen LogP contribution in [0.15, 0.2) is 231 Å². The average Bonchev–Trinajstić information content (AvgIpc) is 3.93. The van der Waals surface area contributed by atoms with Crippen molar-refractivity contribution in [3.8, 4) is 61.3 Å². The Kier molecular flexibility index (Phi) is 8.95. The number of fused-ring (bicyclic) bond motifs is 9. The monoisotopic (exact) mass is 870 g/mol. The molecule has 2 aliphatic carbocycles. The molecule has 0 unspecified atom stereocenters. The molecular weight excluding hydrogens is 821 g/mol. The van der Waals surface area contributed by atoms with E-state index in [0.717, 1.165) is 17.1 Å². The Morgan fingerprint density at radius 2 is 0.721 bits per heavy atom. The highest BCUT2D eigenvalue weighted by Crippen LogP contribution is 2.54. The first kappa shape index (κ1) is 40.1. The second-order valence-electron chi connectivity index (χ2n) is 19.8. The molecule has 0 spiro atoms. The number of hydrogen-bond acceptors (Lipinski definition) is 1. The van der Waals surface area contributed by atoms with E-state index in [9.17, 15) is 0 Å². The van der Waals surface area contributed by atoms with Gasteiger partial charge in [-0.05, 0) is 151 Å². The van der Waals surface area contributed by atoms with Crippen LogP contribution in [0.2, 0.25) is 0 Å². The van der Waals surface area contributed by atoms with Crippen molar-refractivity contribution in [2.24, 2.45) is 0 Å². The molecule has 11 aromatic rings. The van der Waals surface area contributed by atoms with E-state index in [1.807, 2.05) is 0 Å². The van der Waals surface area contributed by atoms with E-state index in [2.05, 4.69) is 268 Å². The fourth-order valence-electron chi connectivity index (χ4n) is 11.6. The van der Waals surface area contributed by atoms with E-state index in [1.54, 1.807) is 0 Å². The zero-order valence-corrected chi connectivity index (χ0v) is 38.8. The Morgan fingerprint density at radius 3 is 1.40 bits per heavy atom. The van der Waals surface area contributed by atoms with Gasteiger partial charge in [0.25, 0.3) is 0 Å². The van der Waals surface area contributed by atoms with Crippen LogP contribution in [0.4, 0.5) is 17.1 Å². The Hall–Kier alpha value is -8.20. The molecule has 0 radical (unpaired) electrons. The Labute approximate surface area is 399 Å². The molecule has 13 rings (SSSR count). The summed E-state index contributed by atoms with van der Waals surface area (Å²) in [6.07, 6.45) is 0. The van der Waals surface area contributed by atoms with Gasteiger partial charge in [0.2, 0.25) is 0 Å². The van der Waals surface area contributed by atoms with E-state index in [0.29, 0.717) is 0 Å². The molecule has 0 atom stereocenters. The van der Waals surface area contributed by atoms with Crippen LogP contribution in [-0.4, -0.2) is 4.57 Å². The van der Waals surface area contributed by atoms with Crippen molar-refractivity contribution in [3.63, 3.8) is 0 Å². The highest BCUT2D eigenvalue weighted by atomic mass is 15.1. The topological polar surface area (TPSA) is 8.17 Å². The quantitative estimate of drug-likeness (QED) is 0.155. The molecule has 324 valence electrons. The lowest BCUT2D eigenvalue weighted by atomic mass is 9.81. The fraction of sp³-hybridized carbons (Fsp3) is 0.0909. The summed E-state index contributed by atoms with van der Waals surface area (Å²) in [5, 5.41) is 2.52. The minimum Gasteiger partial charge on any atom is -0.310 e. The molecule has 2 aliphatic rings. The van der Waals surface area contributed by atoms with E-state index < -0.39 is 0 Å². The predicted octanol–water partition coefficient (Wildman–Crippen LogP) is 17.9. The molecule has 0 aliphatic heterocycles. The van der Waals surface area contributed by atoms with Crippen LogP contribution in [0.3, 0.4) is 0 Å². The second kappa shape index (κ2) is 15.2. The number of anilines is 3. The number of hydrogen-bond donors (Lipinski definition) is 0. The maximum absolute atomic E-state index is 2.46. The van der Waals surface area contributed by atoms with Crippen molar-refractivity contribution in [2.75, 3.05) is 4.90 Å². The molecule has 1 heterocycles. The molecule has 1 aromatic heterocycles. The smallest absolute Gasteiger partial charge is 0.0541 e. The summed E-state index contributed by atoms with van der Waals surface area (Å²) < 4.78 is 2.37. The van der Waals surface area contributed by atoms with Crippen LogP contribution in [0.5, 0.6) is 0 Å². The molecule has 10 aromatic carbocycles. The van der Waals surface area contributed by atoms with Crippen LogP contribution in [0.25, 0.3) is 83.1 Å². The van der Waals surface area contributed by atoms with Crippen LogP contribution in [0.1, 0.15) is 49.9 Å². The SMILES string of the molecule is CC1(C)c2ccccc2-c2ccc(N(c3ccc(-c4ccc(-c5ccc6c(c5)c5ccccc5n6-c5ccccc5)cc4)cc3)c3ccc4c(c3)C(C)(C)c3cc(-c5ccccc5)ccc3-4)cc21. The zero-order valence-electron chi connectivity index (χ0n) is 38.8. The van der Waals surface area contributed by atoms with E-state index >= 15 is 0 Å². The van der Waals surface area contributed by atoms with Gasteiger partial charge in [-0.1, -0.05) is 185 Å². The first-order valence-electron chi connectivity index (χ1n) is 23.9. The molecule has 0 N–H and O–H groups in total. The third-order valence-corrected chi connectivity index (χ3v) is 15.2. The largest absolute Gasteiger partial charge is 0.310 e. The molecule has 0 bridgehead atoms. The number of rotatable bonds is 7. The lowest BCUT2D eigenvalue weighted by Crippen LogP contribution is -2.18. The van der Waals surface area contributed by atoms with E-state index in [4.69, 9.17) is 0 Å². The third-order valence-electron chi connectivity index (χ3n) is 15.2. The van der Waals surface area contributed by atoms with Gasteiger partial charge in [0.05, 0.1) is 11.0 Å². The summed E-state index contributed by atoms with van der Waals surface area (Å²) in [7, 11) is 0. The van der Waals surface area contributed by atoms with Crippen molar-refractivity contribution in [2.45, 2.75) is 38.5 Å². The fourth-order valence-corrected chi connectivity index (χ4v) is 11.6. The van der Waals surface area contributed by atoms with Crippen molar-refractivity contribution >= 4 is 38.9 Å². The average molecular weight is 871 g/mol. The van der Waals surface area contributed by atoms with Crippen LogP contribution in [-0.2, 0) is 10.8 Å². The molecular formula is C66H50N2.